The standard InChI is InChI=1S/C12H20BrN3/c1-9-10(13)6-7-11(15-9)14-8-12(2,3)16(4)5/h6-7H,8H2,1-5H3,(H,14,15). The molecule has 0 aliphatic heterocycles. The maximum Gasteiger partial charge on any atom is 0.126 e. The summed E-state index contributed by atoms with van der Waals surface area (Å²) in [5.74, 6) is 0.927. The lowest BCUT2D eigenvalue weighted by Crippen LogP contribution is -2.44. The fourth-order valence-electron chi connectivity index (χ4n) is 1.11. The summed E-state index contributed by atoms with van der Waals surface area (Å²) < 4.78 is 1.05. The normalized spacial score (nSPS) is 11.9. The monoisotopic (exact) mass is 285 g/mol. The van der Waals surface area contributed by atoms with E-state index in [-0.39, 0.29) is 5.54 Å². The van der Waals surface area contributed by atoms with Crippen LogP contribution in [0.25, 0.3) is 0 Å². The lowest BCUT2D eigenvalue weighted by molar-refractivity contribution is 0.210. The third-order valence-corrected chi connectivity index (χ3v) is 3.77. The predicted octanol–water partition coefficient (Wildman–Crippen LogP) is 2.90. The summed E-state index contributed by atoms with van der Waals surface area (Å²) in [5, 5.41) is 3.36. The fraction of sp³-hybridized carbons (Fsp3) is 0.583. The highest BCUT2D eigenvalue weighted by molar-refractivity contribution is 9.10. The molecule has 0 saturated carbocycles. The van der Waals surface area contributed by atoms with E-state index < -0.39 is 0 Å². The molecular weight excluding hydrogens is 266 g/mol. The Hall–Kier alpha value is -0.610. The molecular formula is C12H20BrN3. The zero-order valence-corrected chi connectivity index (χ0v) is 12.2. The first-order valence-electron chi connectivity index (χ1n) is 5.37. The van der Waals surface area contributed by atoms with E-state index >= 15 is 0 Å². The van der Waals surface area contributed by atoms with Gasteiger partial charge in [-0.15, -0.1) is 0 Å². The molecule has 90 valence electrons. The van der Waals surface area contributed by atoms with Gasteiger partial charge < -0.3 is 10.2 Å². The second kappa shape index (κ2) is 5.15. The highest BCUT2D eigenvalue weighted by Crippen LogP contribution is 2.17. The minimum atomic E-state index is 0.114. The third-order valence-electron chi connectivity index (χ3n) is 2.93. The molecule has 0 amide bonds. The van der Waals surface area contributed by atoms with Crippen molar-refractivity contribution in [3.63, 3.8) is 0 Å². The number of pyridine rings is 1. The number of aryl methyl sites for hydroxylation is 1. The number of halogens is 1. The highest BCUT2D eigenvalue weighted by Gasteiger charge is 2.19. The van der Waals surface area contributed by atoms with Crippen LogP contribution in [0, 0.1) is 6.92 Å². The number of aromatic nitrogens is 1. The van der Waals surface area contributed by atoms with Crippen molar-refractivity contribution in [1.82, 2.24) is 9.88 Å². The van der Waals surface area contributed by atoms with Crippen LogP contribution in [-0.4, -0.2) is 36.1 Å². The minimum Gasteiger partial charge on any atom is -0.368 e. The fourth-order valence-corrected chi connectivity index (χ4v) is 1.33. The first-order chi connectivity index (χ1) is 7.33. The number of anilines is 1. The molecule has 16 heavy (non-hydrogen) atoms. The SMILES string of the molecule is Cc1nc(NCC(C)(C)N(C)C)ccc1Br. The van der Waals surface area contributed by atoms with E-state index in [1.165, 1.54) is 0 Å². The second-order valence-electron chi connectivity index (χ2n) is 4.82. The van der Waals surface area contributed by atoms with Crippen molar-refractivity contribution < 1.29 is 0 Å². The Labute approximate surface area is 106 Å². The van der Waals surface area contributed by atoms with Crippen LogP contribution in [-0.2, 0) is 0 Å². The molecule has 0 atom stereocenters. The number of rotatable bonds is 4. The van der Waals surface area contributed by atoms with Crippen LogP contribution in [0.1, 0.15) is 19.5 Å². The van der Waals surface area contributed by atoms with Crippen molar-refractivity contribution in [1.29, 1.82) is 0 Å². The molecule has 3 nitrogen and oxygen atoms in total. The summed E-state index contributed by atoms with van der Waals surface area (Å²) in [6, 6.07) is 4.01. The Kier molecular flexibility index (Phi) is 4.33. The van der Waals surface area contributed by atoms with Gasteiger partial charge >= 0.3 is 0 Å². The molecule has 1 rings (SSSR count). The first-order valence-corrected chi connectivity index (χ1v) is 6.17. The largest absolute Gasteiger partial charge is 0.368 e. The summed E-state index contributed by atoms with van der Waals surface area (Å²) >= 11 is 3.44. The van der Waals surface area contributed by atoms with E-state index in [1.54, 1.807) is 0 Å². The van der Waals surface area contributed by atoms with Gasteiger partial charge in [-0.3, -0.25) is 0 Å². The predicted molar refractivity (Wildman–Crippen MR) is 72.9 cm³/mol. The van der Waals surface area contributed by atoms with Gasteiger partial charge in [0.1, 0.15) is 5.82 Å². The Balaban J connectivity index is 2.65. The molecule has 0 aliphatic carbocycles. The topological polar surface area (TPSA) is 28.2 Å². The molecule has 0 bridgehead atoms. The highest BCUT2D eigenvalue weighted by atomic mass is 79.9. The molecule has 4 heteroatoms. The van der Waals surface area contributed by atoms with Crippen molar-refractivity contribution in [2.24, 2.45) is 0 Å². The number of hydrogen-bond acceptors (Lipinski definition) is 3. The molecule has 1 aromatic heterocycles. The van der Waals surface area contributed by atoms with Crippen molar-refractivity contribution in [2.45, 2.75) is 26.3 Å². The maximum absolute atomic E-state index is 4.46. The Morgan fingerprint density at radius 3 is 2.50 bits per heavy atom. The zero-order valence-electron chi connectivity index (χ0n) is 10.6. The van der Waals surface area contributed by atoms with E-state index in [0.717, 1.165) is 22.5 Å². The quantitative estimate of drug-likeness (QED) is 0.922. The average Bonchev–Trinajstić information content (AvgIpc) is 2.20. The molecule has 0 radical (unpaired) electrons. The van der Waals surface area contributed by atoms with Gasteiger partial charge in [0.05, 0.1) is 5.69 Å². The Bertz CT molecular complexity index is 361. The molecule has 1 N–H and O–H groups in total. The van der Waals surface area contributed by atoms with Gasteiger partial charge in [0.15, 0.2) is 0 Å². The average molecular weight is 286 g/mol. The van der Waals surface area contributed by atoms with E-state index in [1.807, 2.05) is 19.1 Å². The van der Waals surface area contributed by atoms with Gasteiger partial charge in [0.2, 0.25) is 0 Å². The number of nitrogens with one attached hydrogen (secondary N) is 1. The van der Waals surface area contributed by atoms with Crippen molar-refractivity contribution in [3.05, 3.63) is 22.3 Å². The third kappa shape index (κ3) is 3.46. The first kappa shape index (κ1) is 13.5. The number of hydrogen-bond donors (Lipinski definition) is 1. The molecule has 1 aromatic rings. The van der Waals surface area contributed by atoms with E-state index in [2.05, 4.69) is 59.1 Å². The molecule has 0 saturated heterocycles. The molecule has 0 unspecified atom stereocenters. The smallest absolute Gasteiger partial charge is 0.126 e. The number of nitrogens with zero attached hydrogens (tertiary/aromatic N) is 2. The lowest BCUT2D eigenvalue weighted by atomic mass is 10.0. The van der Waals surface area contributed by atoms with Gasteiger partial charge in [-0.05, 0) is 62.9 Å². The Morgan fingerprint density at radius 2 is 2.00 bits per heavy atom. The van der Waals surface area contributed by atoms with Crippen LogP contribution in [0.3, 0.4) is 0 Å². The van der Waals surface area contributed by atoms with Gasteiger partial charge in [0.25, 0.3) is 0 Å². The molecule has 0 spiro atoms. The van der Waals surface area contributed by atoms with Crippen molar-refractivity contribution in [2.75, 3.05) is 26.0 Å². The van der Waals surface area contributed by atoms with Gasteiger partial charge in [-0.2, -0.15) is 0 Å². The maximum atomic E-state index is 4.46. The van der Waals surface area contributed by atoms with E-state index in [0.29, 0.717) is 0 Å². The lowest BCUT2D eigenvalue weighted by Gasteiger charge is -2.32. The van der Waals surface area contributed by atoms with E-state index in [9.17, 15) is 0 Å². The van der Waals surface area contributed by atoms with Gasteiger partial charge in [-0.25, -0.2) is 4.98 Å². The minimum absolute atomic E-state index is 0.114. The van der Waals surface area contributed by atoms with Crippen LogP contribution in [0.15, 0.2) is 16.6 Å². The van der Waals surface area contributed by atoms with Crippen LogP contribution in [0.4, 0.5) is 5.82 Å². The van der Waals surface area contributed by atoms with Gasteiger partial charge in [0, 0.05) is 16.6 Å². The van der Waals surface area contributed by atoms with Crippen molar-refractivity contribution >= 4 is 21.7 Å². The summed E-state index contributed by atoms with van der Waals surface area (Å²) in [6.45, 7) is 7.26. The summed E-state index contributed by atoms with van der Waals surface area (Å²) in [6.07, 6.45) is 0. The molecule has 1 heterocycles. The molecule has 0 aliphatic rings. The van der Waals surface area contributed by atoms with Crippen LogP contribution in [0.2, 0.25) is 0 Å². The van der Waals surface area contributed by atoms with Crippen LogP contribution < -0.4 is 5.32 Å². The second-order valence-corrected chi connectivity index (χ2v) is 5.68. The summed E-state index contributed by atoms with van der Waals surface area (Å²) in [5.41, 5.74) is 1.12. The van der Waals surface area contributed by atoms with Gasteiger partial charge in [-0.1, -0.05) is 0 Å². The Morgan fingerprint density at radius 1 is 1.38 bits per heavy atom. The van der Waals surface area contributed by atoms with Crippen molar-refractivity contribution in [3.8, 4) is 0 Å². The number of likely N-dealkylation sites (N-methyl/N-ethyl adjacent to an activating group) is 1. The zero-order chi connectivity index (χ0) is 12.3. The molecule has 0 fully saturated rings. The van der Waals surface area contributed by atoms with E-state index in [4.69, 9.17) is 0 Å². The van der Waals surface area contributed by atoms with Crippen LogP contribution in [0.5, 0.6) is 0 Å². The summed E-state index contributed by atoms with van der Waals surface area (Å²) in [7, 11) is 4.17. The molecule has 0 aromatic carbocycles. The van der Waals surface area contributed by atoms with Crippen LogP contribution >= 0.6 is 15.9 Å². The summed E-state index contributed by atoms with van der Waals surface area (Å²) in [4.78, 5) is 6.66.